The quantitative estimate of drug-likeness (QED) is 0.765. The molecule has 0 bridgehead atoms. The van der Waals surface area contributed by atoms with Crippen LogP contribution in [0.25, 0.3) is 0 Å². The van der Waals surface area contributed by atoms with E-state index in [2.05, 4.69) is 20.9 Å². The number of nitrogens with zero attached hydrogens (tertiary/aromatic N) is 2. The van der Waals surface area contributed by atoms with Crippen LogP contribution in [0.5, 0.6) is 0 Å². The van der Waals surface area contributed by atoms with E-state index in [9.17, 15) is 10.2 Å². The fraction of sp³-hybridized carbons (Fsp3) is 0.444. The summed E-state index contributed by atoms with van der Waals surface area (Å²) in [5.74, 6) is 0. The van der Waals surface area contributed by atoms with Gasteiger partial charge in [0.15, 0.2) is 0 Å². The van der Waals surface area contributed by atoms with E-state index in [-0.39, 0.29) is 0 Å². The second-order valence-corrected chi connectivity index (χ2v) is 4.22. The minimum Gasteiger partial charge on any atom is -0.389 e. The summed E-state index contributed by atoms with van der Waals surface area (Å²) in [6.07, 6.45) is 2.08. The molecule has 1 saturated heterocycles. The monoisotopic (exact) mass is 258 g/mol. The van der Waals surface area contributed by atoms with Crippen molar-refractivity contribution in [1.82, 2.24) is 4.98 Å². The Hall–Kier alpha value is -0.650. The van der Waals surface area contributed by atoms with Gasteiger partial charge in [-0.25, -0.2) is 0 Å². The van der Waals surface area contributed by atoms with Crippen molar-refractivity contribution in [3.8, 4) is 0 Å². The Labute approximate surface area is 90.3 Å². The van der Waals surface area contributed by atoms with Crippen LogP contribution >= 0.6 is 15.9 Å². The Bertz CT molecular complexity index is 324. The zero-order valence-corrected chi connectivity index (χ0v) is 9.05. The zero-order valence-electron chi connectivity index (χ0n) is 7.47. The molecule has 1 fully saturated rings. The lowest BCUT2D eigenvalue weighted by Crippen LogP contribution is -2.22. The van der Waals surface area contributed by atoms with Crippen LogP contribution in [-0.4, -0.2) is 40.5 Å². The Morgan fingerprint density at radius 3 is 2.57 bits per heavy atom. The van der Waals surface area contributed by atoms with Crippen LogP contribution in [0, 0.1) is 0 Å². The van der Waals surface area contributed by atoms with E-state index in [0.717, 1.165) is 10.2 Å². The number of hydrogen-bond donors (Lipinski definition) is 2. The average molecular weight is 259 g/mol. The molecule has 0 saturated carbocycles. The van der Waals surface area contributed by atoms with E-state index >= 15 is 0 Å². The first kappa shape index (κ1) is 9.89. The highest BCUT2D eigenvalue weighted by molar-refractivity contribution is 9.10. The molecule has 2 atom stereocenters. The molecule has 1 aliphatic rings. The summed E-state index contributed by atoms with van der Waals surface area (Å²) in [4.78, 5) is 5.89. The summed E-state index contributed by atoms with van der Waals surface area (Å²) in [5, 5.41) is 18.8. The van der Waals surface area contributed by atoms with E-state index in [1.54, 1.807) is 12.4 Å². The lowest BCUT2D eigenvalue weighted by molar-refractivity contribution is 0.0572. The Kier molecular flexibility index (Phi) is 2.71. The number of aromatic nitrogens is 1. The fourth-order valence-corrected chi connectivity index (χ4v) is 2.09. The van der Waals surface area contributed by atoms with Gasteiger partial charge in [-0.15, -0.1) is 0 Å². The molecule has 2 heterocycles. The average Bonchev–Trinajstić information content (AvgIpc) is 2.48. The second kappa shape index (κ2) is 3.84. The molecular weight excluding hydrogens is 248 g/mol. The summed E-state index contributed by atoms with van der Waals surface area (Å²) < 4.78 is 0.876. The first-order valence-corrected chi connectivity index (χ1v) is 5.18. The normalized spacial score (nSPS) is 26.9. The maximum atomic E-state index is 9.40. The van der Waals surface area contributed by atoms with Gasteiger partial charge in [-0.2, -0.15) is 0 Å². The van der Waals surface area contributed by atoms with Crippen LogP contribution in [0.15, 0.2) is 22.9 Å². The molecule has 1 aliphatic heterocycles. The van der Waals surface area contributed by atoms with Gasteiger partial charge in [0.25, 0.3) is 0 Å². The molecule has 4 nitrogen and oxygen atoms in total. The van der Waals surface area contributed by atoms with Crippen molar-refractivity contribution in [2.75, 3.05) is 18.0 Å². The van der Waals surface area contributed by atoms with Gasteiger partial charge in [-0.05, 0) is 22.0 Å². The highest BCUT2D eigenvalue weighted by atomic mass is 79.9. The largest absolute Gasteiger partial charge is 0.389 e. The molecule has 0 spiro atoms. The van der Waals surface area contributed by atoms with Crippen LogP contribution in [-0.2, 0) is 0 Å². The van der Waals surface area contributed by atoms with Crippen LogP contribution < -0.4 is 4.90 Å². The molecule has 5 heteroatoms. The van der Waals surface area contributed by atoms with Gasteiger partial charge in [0.05, 0.1) is 22.4 Å². The number of aliphatic hydroxyl groups excluding tert-OH is 2. The van der Waals surface area contributed by atoms with Crippen LogP contribution in [0.4, 0.5) is 5.69 Å². The van der Waals surface area contributed by atoms with Gasteiger partial charge >= 0.3 is 0 Å². The highest BCUT2D eigenvalue weighted by Crippen LogP contribution is 2.27. The van der Waals surface area contributed by atoms with Crippen LogP contribution in [0.2, 0.25) is 0 Å². The summed E-state index contributed by atoms with van der Waals surface area (Å²) >= 11 is 3.38. The number of pyridine rings is 1. The molecule has 2 N–H and O–H groups in total. The highest BCUT2D eigenvalue weighted by Gasteiger charge is 2.30. The first-order chi connectivity index (χ1) is 6.68. The lowest BCUT2D eigenvalue weighted by atomic mass is 10.3. The Balaban J connectivity index is 2.21. The topological polar surface area (TPSA) is 56.6 Å². The van der Waals surface area contributed by atoms with E-state index in [0.29, 0.717) is 13.1 Å². The maximum Gasteiger partial charge on any atom is 0.0990 e. The van der Waals surface area contributed by atoms with Gasteiger partial charge in [0, 0.05) is 25.5 Å². The number of halogens is 1. The standard InChI is InChI=1S/C9H11BrN2O2/c10-6-3-11-2-1-7(6)12-4-8(13)9(14)5-12/h1-3,8-9,13-14H,4-5H2. The van der Waals surface area contributed by atoms with Crippen molar-refractivity contribution in [2.24, 2.45) is 0 Å². The minimum absolute atomic E-state index is 0.462. The fourth-order valence-electron chi connectivity index (χ4n) is 1.59. The second-order valence-electron chi connectivity index (χ2n) is 3.37. The number of anilines is 1. The van der Waals surface area contributed by atoms with Gasteiger partial charge in [0.1, 0.15) is 0 Å². The molecule has 0 amide bonds. The summed E-state index contributed by atoms with van der Waals surface area (Å²) in [6, 6.07) is 1.86. The van der Waals surface area contributed by atoms with Crippen molar-refractivity contribution in [3.63, 3.8) is 0 Å². The van der Waals surface area contributed by atoms with Crippen LogP contribution in [0.1, 0.15) is 0 Å². The molecule has 14 heavy (non-hydrogen) atoms. The predicted molar refractivity (Wildman–Crippen MR) is 56.2 cm³/mol. The van der Waals surface area contributed by atoms with Gasteiger partial charge < -0.3 is 15.1 Å². The maximum absolute atomic E-state index is 9.40. The smallest absolute Gasteiger partial charge is 0.0990 e. The third-order valence-electron chi connectivity index (χ3n) is 2.35. The zero-order chi connectivity index (χ0) is 10.1. The number of aliphatic hydroxyl groups is 2. The van der Waals surface area contributed by atoms with Crippen molar-refractivity contribution < 1.29 is 10.2 Å². The summed E-state index contributed by atoms with van der Waals surface area (Å²) in [6.45, 7) is 0.924. The van der Waals surface area contributed by atoms with Gasteiger partial charge in [-0.3, -0.25) is 4.98 Å². The molecule has 1 aromatic heterocycles. The number of hydrogen-bond acceptors (Lipinski definition) is 4. The number of rotatable bonds is 1. The third kappa shape index (κ3) is 1.75. The molecule has 0 aromatic carbocycles. The van der Waals surface area contributed by atoms with Crippen molar-refractivity contribution in [3.05, 3.63) is 22.9 Å². The molecule has 1 aromatic rings. The Morgan fingerprint density at radius 1 is 1.36 bits per heavy atom. The van der Waals surface area contributed by atoms with Crippen molar-refractivity contribution in [2.45, 2.75) is 12.2 Å². The van der Waals surface area contributed by atoms with E-state index < -0.39 is 12.2 Å². The number of β-amino-alcohol motifs (C(OH)–C–C–N with tert-alkyl or cyclic N) is 2. The molecular formula is C9H11BrN2O2. The first-order valence-electron chi connectivity index (χ1n) is 4.39. The van der Waals surface area contributed by atoms with Crippen molar-refractivity contribution in [1.29, 1.82) is 0 Å². The SMILES string of the molecule is OC1CN(c2ccncc2Br)CC1O. The molecule has 2 rings (SSSR count). The van der Waals surface area contributed by atoms with Crippen molar-refractivity contribution >= 4 is 21.6 Å². The van der Waals surface area contributed by atoms with E-state index in [1.807, 2.05) is 11.0 Å². The molecule has 0 aliphatic carbocycles. The minimum atomic E-state index is -0.657. The summed E-state index contributed by atoms with van der Waals surface area (Å²) in [7, 11) is 0. The molecule has 76 valence electrons. The lowest BCUT2D eigenvalue weighted by Gasteiger charge is -2.18. The Morgan fingerprint density at radius 2 is 2.00 bits per heavy atom. The van der Waals surface area contributed by atoms with Gasteiger partial charge in [-0.1, -0.05) is 0 Å². The van der Waals surface area contributed by atoms with Crippen LogP contribution in [0.3, 0.4) is 0 Å². The van der Waals surface area contributed by atoms with Gasteiger partial charge in [0.2, 0.25) is 0 Å². The summed E-state index contributed by atoms with van der Waals surface area (Å²) in [5.41, 5.74) is 0.954. The van der Waals surface area contributed by atoms with E-state index in [1.165, 1.54) is 0 Å². The third-order valence-corrected chi connectivity index (χ3v) is 2.96. The molecule has 0 radical (unpaired) electrons. The van der Waals surface area contributed by atoms with E-state index in [4.69, 9.17) is 0 Å². The molecule has 2 unspecified atom stereocenters. The predicted octanol–water partition coefficient (Wildman–Crippen LogP) is 0.386.